The monoisotopic (exact) mass is 268 g/mol. The topological polar surface area (TPSA) is 38.9 Å². The molecule has 18 heavy (non-hydrogen) atoms. The van der Waals surface area contributed by atoms with Crippen molar-refractivity contribution in [3.63, 3.8) is 0 Å². The van der Waals surface area contributed by atoms with Crippen LogP contribution in [0.4, 0.5) is 8.78 Å². The fraction of sp³-hybridized carbons (Fsp3) is 0.308. The number of aromatic nitrogens is 1. The Morgan fingerprint density at radius 1 is 1.39 bits per heavy atom. The van der Waals surface area contributed by atoms with Crippen molar-refractivity contribution in [2.24, 2.45) is 5.73 Å². The Hall–Kier alpha value is -1.33. The molecule has 96 valence electrons. The molecule has 1 heterocycles. The van der Waals surface area contributed by atoms with E-state index >= 15 is 0 Å². The lowest BCUT2D eigenvalue weighted by Gasteiger charge is -2.05. The van der Waals surface area contributed by atoms with Crippen molar-refractivity contribution in [1.82, 2.24) is 4.98 Å². The summed E-state index contributed by atoms with van der Waals surface area (Å²) < 4.78 is 26.4. The number of hydrogen-bond acceptors (Lipinski definition) is 3. The minimum Gasteiger partial charge on any atom is -0.330 e. The molecular formula is C13H14F2N2S. The fourth-order valence-electron chi connectivity index (χ4n) is 1.71. The summed E-state index contributed by atoms with van der Waals surface area (Å²) >= 11 is 1.48. The van der Waals surface area contributed by atoms with Crippen molar-refractivity contribution in [3.8, 4) is 11.3 Å². The molecule has 2 rings (SSSR count). The van der Waals surface area contributed by atoms with E-state index in [0.717, 1.165) is 17.5 Å². The van der Waals surface area contributed by atoms with Gasteiger partial charge in [-0.25, -0.2) is 13.8 Å². The largest absolute Gasteiger partial charge is 0.330 e. The van der Waals surface area contributed by atoms with Gasteiger partial charge in [0, 0.05) is 22.9 Å². The summed E-state index contributed by atoms with van der Waals surface area (Å²) in [7, 11) is 0. The molecule has 0 saturated heterocycles. The van der Waals surface area contributed by atoms with Crippen molar-refractivity contribution in [1.29, 1.82) is 0 Å². The van der Waals surface area contributed by atoms with Crippen LogP contribution in [0.15, 0.2) is 23.6 Å². The van der Waals surface area contributed by atoms with E-state index in [4.69, 9.17) is 5.73 Å². The van der Waals surface area contributed by atoms with Crippen LogP contribution in [-0.4, -0.2) is 11.5 Å². The van der Waals surface area contributed by atoms with Gasteiger partial charge in [-0.15, -0.1) is 11.3 Å². The van der Waals surface area contributed by atoms with E-state index in [1.807, 2.05) is 6.92 Å². The third-order valence-corrected chi connectivity index (χ3v) is 3.83. The van der Waals surface area contributed by atoms with Crippen LogP contribution in [0, 0.1) is 11.6 Å². The van der Waals surface area contributed by atoms with Crippen LogP contribution < -0.4 is 5.73 Å². The van der Waals surface area contributed by atoms with Gasteiger partial charge in [-0.2, -0.15) is 0 Å². The van der Waals surface area contributed by atoms with Crippen LogP contribution in [0.2, 0.25) is 0 Å². The first-order valence-electron chi connectivity index (χ1n) is 5.72. The van der Waals surface area contributed by atoms with Crippen molar-refractivity contribution in [2.45, 2.75) is 19.3 Å². The average Bonchev–Trinajstić information content (AvgIpc) is 2.78. The molecule has 0 spiro atoms. The smallest absolute Gasteiger partial charge is 0.135 e. The van der Waals surface area contributed by atoms with Gasteiger partial charge in [0.15, 0.2) is 0 Å². The minimum atomic E-state index is -0.585. The highest BCUT2D eigenvalue weighted by Crippen LogP contribution is 2.29. The lowest BCUT2D eigenvalue weighted by Crippen LogP contribution is -2.04. The van der Waals surface area contributed by atoms with Crippen LogP contribution in [0.3, 0.4) is 0 Å². The van der Waals surface area contributed by atoms with Crippen molar-refractivity contribution in [2.75, 3.05) is 6.54 Å². The van der Waals surface area contributed by atoms with Gasteiger partial charge in [0.1, 0.15) is 11.6 Å². The fourth-order valence-corrected chi connectivity index (χ4v) is 2.62. The Morgan fingerprint density at radius 3 is 2.83 bits per heavy atom. The first-order chi connectivity index (χ1) is 8.61. The van der Waals surface area contributed by atoms with E-state index in [-0.39, 0.29) is 5.92 Å². The Balaban J connectivity index is 2.29. The molecule has 2 aromatic rings. The highest BCUT2D eigenvalue weighted by atomic mass is 32.1. The molecule has 0 radical (unpaired) electrons. The number of rotatable bonds is 4. The van der Waals surface area contributed by atoms with Gasteiger partial charge in [-0.05, 0) is 25.1 Å². The Labute approximate surface area is 108 Å². The maximum absolute atomic E-state index is 13.6. The van der Waals surface area contributed by atoms with E-state index in [1.54, 1.807) is 5.38 Å². The van der Waals surface area contributed by atoms with E-state index < -0.39 is 11.6 Å². The average molecular weight is 268 g/mol. The molecule has 0 aliphatic carbocycles. The molecule has 1 unspecified atom stereocenters. The Kier molecular flexibility index (Phi) is 4.04. The molecule has 0 saturated carbocycles. The molecule has 0 aliphatic rings. The maximum atomic E-state index is 13.6. The molecule has 1 aromatic carbocycles. The first kappa shape index (κ1) is 13.1. The van der Waals surface area contributed by atoms with Gasteiger partial charge >= 0.3 is 0 Å². The Bertz CT molecular complexity index is 540. The second-order valence-corrected chi connectivity index (χ2v) is 5.06. The molecule has 1 aromatic heterocycles. The third kappa shape index (κ3) is 2.73. The zero-order valence-electron chi connectivity index (χ0n) is 9.99. The van der Waals surface area contributed by atoms with Gasteiger partial charge < -0.3 is 5.73 Å². The quantitative estimate of drug-likeness (QED) is 0.921. The number of thiazole rings is 1. The molecule has 0 amide bonds. The molecule has 1 atom stereocenters. The second kappa shape index (κ2) is 5.54. The summed E-state index contributed by atoms with van der Waals surface area (Å²) in [5.74, 6) is -0.904. The van der Waals surface area contributed by atoms with E-state index in [2.05, 4.69) is 4.98 Å². The van der Waals surface area contributed by atoms with Crippen LogP contribution >= 0.6 is 11.3 Å². The van der Waals surface area contributed by atoms with Gasteiger partial charge in [-0.3, -0.25) is 0 Å². The molecule has 2 nitrogen and oxygen atoms in total. The van der Waals surface area contributed by atoms with E-state index in [9.17, 15) is 8.78 Å². The lowest BCUT2D eigenvalue weighted by atomic mass is 10.1. The number of halogens is 2. The molecule has 0 fully saturated rings. The minimum absolute atomic E-state index is 0.261. The van der Waals surface area contributed by atoms with E-state index in [0.29, 0.717) is 17.8 Å². The van der Waals surface area contributed by atoms with E-state index in [1.165, 1.54) is 23.5 Å². The van der Waals surface area contributed by atoms with Crippen LogP contribution in [0.1, 0.15) is 24.3 Å². The molecular weight excluding hydrogens is 254 g/mol. The predicted octanol–water partition coefficient (Wildman–Crippen LogP) is 3.54. The van der Waals surface area contributed by atoms with Crippen LogP contribution in [-0.2, 0) is 0 Å². The van der Waals surface area contributed by atoms with Crippen molar-refractivity contribution in [3.05, 3.63) is 40.2 Å². The SMILES string of the molecule is CC(CCN)c1nc(-c2ccc(F)cc2F)cs1. The number of benzene rings is 1. The van der Waals surface area contributed by atoms with Crippen LogP contribution in [0.5, 0.6) is 0 Å². The zero-order chi connectivity index (χ0) is 13.1. The van der Waals surface area contributed by atoms with Gasteiger partial charge in [0.05, 0.1) is 10.7 Å². The molecule has 5 heteroatoms. The predicted molar refractivity (Wildman–Crippen MR) is 69.6 cm³/mol. The summed E-state index contributed by atoms with van der Waals surface area (Å²) in [6.45, 7) is 2.64. The summed E-state index contributed by atoms with van der Waals surface area (Å²) in [6.07, 6.45) is 0.846. The first-order valence-corrected chi connectivity index (χ1v) is 6.60. The maximum Gasteiger partial charge on any atom is 0.135 e. The van der Waals surface area contributed by atoms with Crippen molar-refractivity contribution < 1.29 is 8.78 Å². The summed E-state index contributed by atoms with van der Waals surface area (Å²) in [5.41, 5.74) is 6.39. The van der Waals surface area contributed by atoms with Gasteiger partial charge in [0.25, 0.3) is 0 Å². The number of hydrogen-bond donors (Lipinski definition) is 1. The highest BCUT2D eigenvalue weighted by Gasteiger charge is 2.13. The molecule has 2 N–H and O–H groups in total. The second-order valence-electron chi connectivity index (χ2n) is 4.17. The van der Waals surface area contributed by atoms with Gasteiger partial charge in [-0.1, -0.05) is 6.92 Å². The normalized spacial score (nSPS) is 12.7. The summed E-state index contributed by atoms with van der Waals surface area (Å²) in [6, 6.07) is 3.52. The van der Waals surface area contributed by atoms with Gasteiger partial charge in [0.2, 0.25) is 0 Å². The zero-order valence-corrected chi connectivity index (χ0v) is 10.8. The number of nitrogens with zero attached hydrogens (tertiary/aromatic N) is 1. The molecule has 0 aliphatic heterocycles. The van der Waals surface area contributed by atoms with Crippen LogP contribution in [0.25, 0.3) is 11.3 Å². The standard InChI is InChI=1S/C13H14F2N2S/c1-8(4-5-16)13-17-12(7-18-13)10-3-2-9(14)6-11(10)15/h2-3,6-8H,4-5,16H2,1H3. The lowest BCUT2D eigenvalue weighted by molar-refractivity contribution is 0.585. The number of nitrogens with two attached hydrogens (primary N) is 1. The highest BCUT2D eigenvalue weighted by molar-refractivity contribution is 7.10. The summed E-state index contributed by atoms with van der Waals surface area (Å²) in [4.78, 5) is 4.39. The summed E-state index contributed by atoms with van der Waals surface area (Å²) in [5, 5.41) is 2.72. The van der Waals surface area contributed by atoms with Crippen molar-refractivity contribution >= 4 is 11.3 Å². The third-order valence-electron chi connectivity index (χ3n) is 2.75. The Morgan fingerprint density at radius 2 is 2.17 bits per heavy atom. The molecule has 0 bridgehead atoms.